The molecule has 2 unspecified atom stereocenters. The maximum Gasteiger partial charge on any atom is 0.212 e. The fourth-order valence-electron chi connectivity index (χ4n) is 3.18. The van der Waals surface area contributed by atoms with E-state index < -0.39 is 5.92 Å². The first kappa shape index (κ1) is 22.0. The van der Waals surface area contributed by atoms with Gasteiger partial charge in [0.15, 0.2) is 0 Å². The van der Waals surface area contributed by atoms with Gasteiger partial charge in [-0.2, -0.15) is 10.1 Å². The Morgan fingerprint density at radius 1 is 1.14 bits per heavy atom. The summed E-state index contributed by atoms with van der Waals surface area (Å²) in [6.07, 6.45) is 9.82. The Balaban J connectivity index is 2.08. The number of anilines is 1. The van der Waals surface area contributed by atoms with Gasteiger partial charge in [-0.3, -0.25) is 4.79 Å². The highest BCUT2D eigenvalue weighted by Gasteiger charge is 2.31. The molecule has 0 fully saturated rings. The number of hydrazone groups is 1. The van der Waals surface area contributed by atoms with Gasteiger partial charge in [-0.05, 0) is 31.1 Å². The van der Waals surface area contributed by atoms with E-state index in [2.05, 4.69) is 12.0 Å². The second-order valence-electron chi connectivity index (χ2n) is 7.48. The maximum absolute atomic E-state index is 12.7. The predicted molar refractivity (Wildman–Crippen MR) is 116 cm³/mol. The predicted octanol–water partition coefficient (Wildman–Crippen LogP) is 5.23. The number of ketones is 1. The van der Waals surface area contributed by atoms with E-state index in [4.69, 9.17) is 10.5 Å². The quantitative estimate of drug-likeness (QED) is 0.500. The molecule has 1 aliphatic heterocycles. The van der Waals surface area contributed by atoms with Gasteiger partial charge in [0.25, 0.3) is 0 Å². The lowest BCUT2D eigenvalue weighted by Crippen LogP contribution is -2.39. The van der Waals surface area contributed by atoms with Crippen molar-refractivity contribution in [3.63, 3.8) is 0 Å². The molecule has 0 aromatic heterocycles. The number of carbonyl (C=O) groups excluding carboxylic acids is 1. The zero-order valence-corrected chi connectivity index (χ0v) is 17.6. The summed E-state index contributed by atoms with van der Waals surface area (Å²) < 4.78 is 6.07. The van der Waals surface area contributed by atoms with E-state index in [1.807, 2.05) is 50.3 Å². The van der Waals surface area contributed by atoms with Gasteiger partial charge in [-0.25, -0.2) is 0 Å². The number of ether oxygens (including phenoxy) is 1. The Bertz CT molecular complexity index is 670. The van der Waals surface area contributed by atoms with Gasteiger partial charge in [0, 0.05) is 5.92 Å². The highest BCUT2D eigenvalue weighted by molar-refractivity contribution is 6.06. The van der Waals surface area contributed by atoms with E-state index in [1.54, 1.807) is 5.01 Å². The summed E-state index contributed by atoms with van der Waals surface area (Å²) >= 11 is 0. The lowest BCUT2D eigenvalue weighted by Gasteiger charge is -2.29. The molecule has 0 bridgehead atoms. The van der Waals surface area contributed by atoms with Crippen LogP contribution in [0, 0.1) is 11.8 Å². The number of Topliss-reactive ketones (excluding diaryl/α,β-unsaturated/α-hetero) is 1. The third-order valence-electron chi connectivity index (χ3n) is 5.21. The van der Waals surface area contributed by atoms with Gasteiger partial charge in [-0.1, -0.05) is 71.1 Å². The molecular formula is C23H35N3O2. The fourth-order valence-corrected chi connectivity index (χ4v) is 3.18. The molecule has 2 atom stereocenters. The molecule has 0 spiro atoms. The van der Waals surface area contributed by atoms with E-state index >= 15 is 0 Å². The third-order valence-corrected chi connectivity index (χ3v) is 5.21. The van der Waals surface area contributed by atoms with Crippen LogP contribution in [-0.4, -0.2) is 18.2 Å². The number of para-hydroxylation sites is 1. The summed E-state index contributed by atoms with van der Waals surface area (Å²) in [5.41, 5.74) is 7.04. The molecule has 1 heterocycles. The van der Waals surface area contributed by atoms with E-state index in [-0.39, 0.29) is 11.7 Å². The van der Waals surface area contributed by atoms with Gasteiger partial charge in [0.05, 0.1) is 12.3 Å². The van der Waals surface area contributed by atoms with Crippen molar-refractivity contribution in [3.05, 3.63) is 42.3 Å². The van der Waals surface area contributed by atoms with Gasteiger partial charge < -0.3 is 10.5 Å². The minimum absolute atomic E-state index is 0.0573. The van der Waals surface area contributed by atoms with Gasteiger partial charge >= 0.3 is 0 Å². The standard InChI is InChI=1S/C23H35N3O2/c1-4-6-7-8-9-13-16-28-21-17-20(22(27)18(3)5-2)23(24)25-26(21)19-14-11-10-12-15-19/h10-12,14-15,17-18,20H,4-9,13,16H2,1-3H3,(H2,24,25). The first-order chi connectivity index (χ1) is 13.6. The minimum Gasteiger partial charge on any atom is -0.478 e. The summed E-state index contributed by atoms with van der Waals surface area (Å²) in [5, 5.41) is 6.21. The van der Waals surface area contributed by atoms with Crippen LogP contribution in [0.25, 0.3) is 0 Å². The Kier molecular flexibility index (Phi) is 9.05. The zero-order valence-electron chi connectivity index (χ0n) is 17.6. The number of rotatable bonds is 12. The Morgan fingerprint density at radius 2 is 1.82 bits per heavy atom. The van der Waals surface area contributed by atoms with Crippen molar-refractivity contribution < 1.29 is 9.53 Å². The van der Waals surface area contributed by atoms with Crippen molar-refractivity contribution in [1.82, 2.24) is 0 Å². The number of benzene rings is 1. The van der Waals surface area contributed by atoms with Gasteiger partial charge in [0.2, 0.25) is 5.88 Å². The fraction of sp³-hybridized carbons (Fsp3) is 0.565. The molecule has 1 aromatic carbocycles. The molecule has 1 aliphatic rings. The number of amidine groups is 1. The van der Waals surface area contributed by atoms with Crippen LogP contribution < -0.4 is 10.7 Å². The lowest BCUT2D eigenvalue weighted by molar-refractivity contribution is -0.123. The molecule has 2 rings (SSSR count). The molecule has 0 radical (unpaired) electrons. The number of carbonyl (C=O) groups is 1. The van der Waals surface area contributed by atoms with Crippen molar-refractivity contribution in [3.8, 4) is 0 Å². The average Bonchev–Trinajstić information content (AvgIpc) is 2.73. The summed E-state index contributed by atoms with van der Waals surface area (Å²) in [4.78, 5) is 12.7. The second kappa shape index (κ2) is 11.5. The first-order valence-corrected chi connectivity index (χ1v) is 10.7. The van der Waals surface area contributed by atoms with E-state index in [0.29, 0.717) is 18.3 Å². The SMILES string of the molecule is CCCCCCCCOC1=CC(C(=O)C(C)CC)C(N)=NN1c1ccccc1. The largest absolute Gasteiger partial charge is 0.478 e. The van der Waals surface area contributed by atoms with Crippen molar-refractivity contribution in [2.24, 2.45) is 22.7 Å². The molecule has 0 saturated heterocycles. The highest BCUT2D eigenvalue weighted by Crippen LogP contribution is 2.27. The monoisotopic (exact) mass is 385 g/mol. The first-order valence-electron chi connectivity index (χ1n) is 10.7. The smallest absolute Gasteiger partial charge is 0.212 e. The Labute approximate surface area is 169 Å². The van der Waals surface area contributed by atoms with E-state index in [0.717, 1.165) is 24.9 Å². The Morgan fingerprint density at radius 3 is 2.50 bits per heavy atom. The van der Waals surface area contributed by atoms with Crippen LogP contribution in [0.5, 0.6) is 0 Å². The van der Waals surface area contributed by atoms with Crippen LogP contribution in [0.15, 0.2) is 47.4 Å². The lowest BCUT2D eigenvalue weighted by atomic mass is 9.90. The second-order valence-corrected chi connectivity index (χ2v) is 7.48. The van der Waals surface area contributed by atoms with Crippen LogP contribution in [-0.2, 0) is 9.53 Å². The number of unbranched alkanes of at least 4 members (excludes halogenated alkanes) is 5. The molecule has 0 saturated carbocycles. The molecule has 5 heteroatoms. The van der Waals surface area contributed by atoms with Crippen molar-refractivity contribution in [2.75, 3.05) is 11.6 Å². The molecule has 154 valence electrons. The molecule has 0 aliphatic carbocycles. The zero-order chi connectivity index (χ0) is 20.4. The maximum atomic E-state index is 12.7. The van der Waals surface area contributed by atoms with Crippen LogP contribution in [0.2, 0.25) is 0 Å². The van der Waals surface area contributed by atoms with E-state index in [9.17, 15) is 4.79 Å². The van der Waals surface area contributed by atoms with Crippen molar-refractivity contribution in [2.45, 2.75) is 65.7 Å². The van der Waals surface area contributed by atoms with Crippen LogP contribution in [0.1, 0.15) is 65.7 Å². The van der Waals surface area contributed by atoms with E-state index in [1.165, 1.54) is 25.7 Å². The summed E-state index contributed by atoms with van der Waals surface area (Å²) in [6, 6.07) is 9.76. The molecule has 2 N–H and O–H groups in total. The molecule has 5 nitrogen and oxygen atoms in total. The van der Waals surface area contributed by atoms with Crippen LogP contribution >= 0.6 is 0 Å². The molecule has 0 amide bonds. The van der Waals surface area contributed by atoms with Crippen LogP contribution in [0.3, 0.4) is 0 Å². The normalized spacial score (nSPS) is 17.7. The summed E-state index contributed by atoms with van der Waals surface area (Å²) in [6.45, 7) is 6.78. The summed E-state index contributed by atoms with van der Waals surface area (Å²) in [7, 11) is 0. The number of hydrogen-bond acceptors (Lipinski definition) is 5. The van der Waals surface area contributed by atoms with Crippen LogP contribution in [0.4, 0.5) is 5.69 Å². The van der Waals surface area contributed by atoms with Crippen molar-refractivity contribution >= 4 is 17.3 Å². The van der Waals surface area contributed by atoms with Crippen molar-refractivity contribution in [1.29, 1.82) is 0 Å². The topological polar surface area (TPSA) is 67.9 Å². The average molecular weight is 386 g/mol. The number of nitrogens with zero attached hydrogens (tertiary/aromatic N) is 2. The van der Waals surface area contributed by atoms with Gasteiger partial charge in [-0.15, -0.1) is 0 Å². The molecule has 28 heavy (non-hydrogen) atoms. The number of nitrogens with two attached hydrogens (primary N) is 1. The highest BCUT2D eigenvalue weighted by atomic mass is 16.5. The molecular weight excluding hydrogens is 350 g/mol. The minimum atomic E-state index is -0.519. The van der Waals surface area contributed by atoms with Gasteiger partial charge in [0.1, 0.15) is 17.5 Å². The molecule has 1 aromatic rings. The Hall–Kier alpha value is -2.30. The third kappa shape index (κ3) is 6.11. The number of hydrogen-bond donors (Lipinski definition) is 1. The summed E-state index contributed by atoms with van der Waals surface area (Å²) in [5.74, 6) is 0.432.